The Morgan fingerprint density at radius 3 is 2.64 bits per heavy atom. The van der Waals surface area contributed by atoms with Crippen molar-refractivity contribution in [3.63, 3.8) is 0 Å². The summed E-state index contributed by atoms with van der Waals surface area (Å²) in [6.07, 6.45) is 0. The van der Waals surface area contributed by atoms with Gasteiger partial charge in [0.15, 0.2) is 0 Å². The predicted octanol–water partition coefficient (Wildman–Crippen LogP) is 4.69. The molecule has 0 saturated carbocycles. The Morgan fingerprint density at radius 2 is 1.86 bits per heavy atom. The molecule has 2 N–H and O–H groups in total. The number of H-pyrrole nitrogens is 1. The number of halogens is 1. The van der Waals surface area contributed by atoms with E-state index in [2.05, 4.69) is 14.7 Å². The monoisotopic (exact) mass is 413 g/mol. The van der Waals surface area contributed by atoms with Crippen molar-refractivity contribution in [2.24, 2.45) is 0 Å². The average molecular weight is 414 g/mol. The number of hydrogen-bond donors (Lipinski definition) is 2. The van der Waals surface area contributed by atoms with Gasteiger partial charge in [-0.2, -0.15) is 0 Å². The zero-order valence-corrected chi connectivity index (χ0v) is 16.4. The summed E-state index contributed by atoms with van der Waals surface area (Å²) in [5, 5.41) is 0.303. The van der Waals surface area contributed by atoms with Crippen LogP contribution in [0.2, 0.25) is 5.02 Å². The molecule has 0 amide bonds. The molecule has 4 aromatic rings. The van der Waals surface area contributed by atoms with Crippen molar-refractivity contribution in [1.82, 2.24) is 9.97 Å². The fourth-order valence-corrected chi connectivity index (χ4v) is 4.37. The highest BCUT2D eigenvalue weighted by atomic mass is 35.5. The highest BCUT2D eigenvalue weighted by Crippen LogP contribution is 2.30. The SMILES string of the molecule is COc1ccc(Cl)cc1S(=O)(=O)Nc1cccc(-c2nc3ccccc3[nH]2)c1. The summed E-state index contributed by atoms with van der Waals surface area (Å²) in [4.78, 5) is 7.75. The summed E-state index contributed by atoms with van der Waals surface area (Å²) in [7, 11) is -2.49. The summed E-state index contributed by atoms with van der Waals surface area (Å²) >= 11 is 5.97. The third kappa shape index (κ3) is 3.54. The fraction of sp³-hybridized carbons (Fsp3) is 0.0500. The minimum atomic E-state index is -3.89. The molecule has 0 aliphatic carbocycles. The first-order valence-corrected chi connectivity index (χ1v) is 10.2. The summed E-state index contributed by atoms with van der Waals surface area (Å²) in [6, 6.07) is 19.1. The minimum absolute atomic E-state index is 0.0309. The zero-order valence-electron chi connectivity index (χ0n) is 14.8. The third-order valence-electron chi connectivity index (χ3n) is 4.19. The van der Waals surface area contributed by atoms with Crippen LogP contribution in [0.15, 0.2) is 71.6 Å². The minimum Gasteiger partial charge on any atom is -0.495 e. The number of ether oxygens (including phenoxy) is 1. The van der Waals surface area contributed by atoms with Gasteiger partial charge in [-0.05, 0) is 42.5 Å². The normalized spacial score (nSPS) is 11.5. The van der Waals surface area contributed by atoms with Crippen LogP contribution in [-0.2, 0) is 10.0 Å². The molecule has 0 radical (unpaired) electrons. The molecule has 142 valence electrons. The number of para-hydroxylation sites is 2. The lowest BCUT2D eigenvalue weighted by molar-refractivity contribution is 0.403. The number of hydrogen-bond acceptors (Lipinski definition) is 4. The smallest absolute Gasteiger partial charge is 0.265 e. The van der Waals surface area contributed by atoms with E-state index in [0.29, 0.717) is 16.5 Å². The number of nitrogens with one attached hydrogen (secondary N) is 2. The van der Waals surface area contributed by atoms with E-state index in [1.165, 1.54) is 19.2 Å². The van der Waals surface area contributed by atoms with Crippen molar-refractivity contribution in [2.45, 2.75) is 4.90 Å². The summed E-state index contributed by atoms with van der Waals surface area (Å²) < 4.78 is 33.4. The number of aromatic amines is 1. The fourth-order valence-electron chi connectivity index (χ4n) is 2.89. The van der Waals surface area contributed by atoms with Crippen LogP contribution in [0.25, 0.3) is 22.4 Å². The van der Waals surface area contributed by atoms with Gasteiger partial charge in [0.1, 0.15) is 16.5 Å². The Balaban J connectivity index is 1.69. The van der Waals surface area contributed by atoms with E-state index in [0.717, 1.165) is 16.6 Å². The molecular weight excluding hydrogens is 398 g/mol. The zero-order chi connectivity index (χ0) is 19.7. The predicted molar refractivity (Wildman–Crippen MR) is 110 cm³/mol. The van der Waals surface area contributed by atoms with E-state index in [9.17, 15) is 8.42 Å². The molecule has 0 unspecified atom stereocenters. The molecule has 0 saturated heterocycles. The molecule has 28 heavy (non-hydrogen) atoms. The highest BCUT2D eigenvalue weighted by Gasteiger charge is 2.20. The maximum Gasteiger partial charge on any atom is 0.265 e. The van der Waals surface area contributed by atoms with Crippen molar-refractivity contribution in [3.05, 3.63) is 71.8 Å². The lowest BCUT2D eigenvalue weighted by Gasteiger charge is -2.12. The van der Waals surface area contributed by atoms with Gasteiger partial charge in [0.05, 0.1) is 18.1 Å². The van der Waals surface area contributed by atoms with E-state index in [1.807, 2.05) is 30.3 Å². The number of anilines is 1. The van der Waals surface area contributed by atoms with Crippen molar-refractivity contribution < 1.29 is 13.2 Å². The Morgan fingerprint density at radius 1 is 1.04 bits per heavy atom. The Bertz CT molecular complexity index is 1240. The van der Waals surface area contributed by atoms with Crippen LogP contribution < -0.4 is 9.46 Å². The van der Waals surface area contributed by atoms with E-state index in [1.54, 1.807) is 24.3 Å². The van der Waals surface area contributed by atoms with E-state index in [-0.39, 0.29) is 10.6 Å². The first-order valence-electron chi connectivity index (χ1n) is 8.38. The first kappa shape index (κ1) is 18.3. The standard InChI is InChI=1S/C20H16ClN3O3S/c1-27-18-10-9-14(21)12-19(18)28(25,26)24-15-6-4-5-13(11-15)20-22-16-7-2-3-8-17(16)23-20/h2-12,24H,1H3,(H,22,23). The van der Waals surface area contributed by atoms with E-state index >= 15 is 0 Å². The molecule has 1 heterocycles. The van der Waals surface area contributed by atoms with Gasteiger partial charge in [0.2, 0.25) is 0 Å². The van der Waals surface area contributed by atoms with Crippen LogP contribution in [0.1, 0.15) is 0 Å². The van der Waals surface area contributed by atoms with Crippen molar-refractivity contribution in [1.29, 1.82) is 0 Å². The molecule has 1 aromatic heterocycles. The summed E-state index contributed by atoms with van der Waals surface area (Å²) in [5.41, 5.74) is 2.91. The van der Waals surface area contributed by atoms with Crippen LogP contribution in [0.4, 0.5) is 5.69 Å². The average Bonchev–Trinajstić information content (AvgIpc) is 3.12. The quantitative estimate of drug-likeness (QED) is 0.497. The first-order chi connectivity index (χ1) is 13.5. The van der Waals surface area contributed by atoms with Gasteiger partial charge < -0.3 is 9.72 Å². The Kier molecular flexibility index (Phi) is 4.70. The largest absolute Gasteiger partial charge is 0.495 e. The third-order valence-corrected chi connectivity index (χ3v) is 5.83. The Hall–Kier alpha value is -3.03. The number of fused-ring (bicyclic) bond motifs is 1. The molecular formula is C20H16ClN3O3S. The van der Waals surface area contributed by atoms with Crippen molar-refractivity contribution in [2.75, 3.05) is 11.8 Å². The number of sulfonamides is 1. The molecule has 0 atom stereocenters. The number of rotatable bonds is 5. The molecule has 3 aromatic carbocycles. The maximum atomic E-state index is 12.8. The van der Waals surface area contributed by atoms with Gasteiger partial charge in [0.25, 0.3) is 10.0 Å². The van der Waals surface area contributed by atoms with Gasteiger partial charge in [-0.15, -0.1) is 0 Å². The molecule has 0 aliphatic heterocycles. The van der Waals surface area contributed by atoms with Gasteiger partial charge in [-0.25, -0.2) is 13.4 Å². The van der Waals surface area contributed by atoms with Gasteiger partial charge in [-0.3, -0.25) is 4.72 Å². The molecule has 0 fully saturated rings. The summed E-state index contributed by atoms with van der Waals surface area (Å²) in [6.45, 7) is 0. The highest BCUT2D eigenvalue weighted by molar-refractivity contribution is 7.92. The van der Waals surface area contributed by atoms with E-state index in [4.69, 9.17) is 16.3 Å². The number of methoxy groups -OCH3 is 1. The van der Waals surface area contributed by atoms with Crippen LogP contribution in [0.5, 0.6) is 5.75 Å². The second-order valence-corrected chi connectivity index (χ2v) is 8.17. The number of nitrogens with zero attached hydrogens (tertiary/aromatic N) is 1. The van der Waals surface area contributed by atoms with Crippen molar-refractivity contribution >= 4 is 38.3 Å². The molecule has 0 bridgehead atoms. The number of imidazole rings is 1. The van der Waals surface area contributed by atoms with Crippen LogP contribution in [0, 0.1) is 0 Å². The molecule has 0 spiro atoms. The second kappa shape index (κ2) is 7.18. The summed E-state index contributed by atoms with van der Waals surface area (Å²) in [5.74, 6) is 0.868. The van der Waals surface area contributed by atoms with Crippen molar-refractivity contribution in [3.8, 4) is 17.1 Å². The maximum absolute atomic E-state index is 12.8. The Labute approximate surface area is 167 Å². The van der Waals surface area contributed by atoms with Gasteiger partial charge >= 0.3 is 0 Å². The van der Waals surface area contributed by atoms with Gasteiger partial charge in [-0.1, -0.05) is 35.9 Å². The number of aromatic nitrogens is 2. The van der Waals surface area contributed by atoms with Gasteiger partial charge in [0, 0.05) is 16.3 Å². The molecule has 0 aliphatic rings. The molecule has 4 rings (SSSR count). The van der Waals surface area contributed by atoms with Crippen LogP contribution >= 0.6 is 11.6 Å². The molecule has 6 nitrogen and oxygen atoms in total. The van der Waals surface area contributed by atoms with E-state index < -0.39 is 10.0 Å². The van der Waals surface area contributed by atoms with Crippen LogP contribution in [-0.4, -0.2) is 25.5 Å². The lowest BCUT2D eigenvalue weighted by Crippen LogP contribution is -2.14. The molecule has 8 heteroatoms. The topological polar surface area (TPSA) is 84.1 Å². The number of benzene rings is 3. The second-order valence-electron chi connectivity index (χ2n) is 6.08. The van der Waals surface area contributed by atoms with Crippen LogP contribution in [0.3, 0.4) is 0 Å². The lowest BCUT2D eigenvalue weighted by atomic mass is 10.2.